The molecule has 1 saturated heterocycles. The lowest BCUT2D eigenvalue weighted by Gasteiger charge is -2.62. The SMILES string of the molecule is COc1c(CN2O[C@@H](CO)[C@@H]([C@H](C)O)C2C(=O)N[C@H]2C[C@@H]3CC([C@@H]2C)C3(C)C)ccc(Cl)c1I. The van der Waals surface area contributed by atoms with E-state index in [0.29, 0.717) is 33.9 Å². The van der Waals surface area contributed by atoms with Gasteiger partial charge >= 0.3 is 0 Å². The number of halogens is 2. The Hall–Kier alpha value is -0.650. The number of hydrogen-bond donors (Lipinski definition) is 3. The van der Waals surface area contributed by atoms with Crippen LogP contribution < -0.4 is 10.1 Å². The van der Waals surface area contributed by atoms with Gasteiger partial charge in [-0.1, -0.05) is 38.4 Å². The second-order valence-corrected chi connectivity index (χ2v) is 12.3. The molecule has 0 radical (unpaired) electrons. The molecule has 190 valence electrons. The summed E-state index contributed by atoms with van der Waals surface area (Å²) in [5, 5.41) is 26.0. The lowest BCUT2D eigenvalue weighted by molar-refractivity contribution is -0.183. The summed E-state index contributed by atoms with van der Waals surface area (Å²) in [5.41, 5.74) is 1.14. The van der Waals surface area contributed by atoms with Crippen molar-refractivity contribution < 1.29 is 24.6 Å². The van der Waals surface area contributed by atoms with Crippen LogP contribution in [-0.4, -0.2) is 59.2 Å². The summed E-state index contributed by atoms with van der Waals surface area (Å²) in [6.07, 6.45) is 0.693. The Bertz CT molecular complexity index is 929. The largest absolute Gasteiger partial charge is 0.495 e. The van der Waals surface area contributed by atoms with Crippen molar-refractivity contribution in [3.8, 4) is 5.75 Å². The van der Waals surface area contributed by atoms with E-state index in [2.05, 4.69) is 48.7 Å². The van der Waals surface area contributed by atoms with Crippen LogP contribution in [0.4, 0.5) is 0 Å². The predicted molar refractivity (Wildman–Crippen MR) is 138 cm³/mol. The number of methoxy groups -OCH3 is 1. The molecule has 9 heteroatoms. The van der Waals surface area contributed by atoms with E-state index in [4.69, 9.17) is 21.2 Å². The molecule has 0 spiro atoms. The number of amides is 1. The van der Waals surface area contributed by atoms with Gasteiger partial charge in [0.15, 0.2) is 0 Å². The summed E-state index contributed by atoms with van der Waals surface area (Å²) in [6, 6.07) is 3.00. The Morgan fingerprint density at radius 2 is 2.12 bits per heavy atom. The molecule has 4 fully saturated rings. The van der Waals surface area contributed by atoms with E-state index in [-0.39, 0.29) is 25.1 Å². The third kappa shape index (κ3) is 4.47. The van der Waals surface area contributed by atoms with Crippen LogP contribution in [0.15, 0.2) is 12.1 Å². The topological polar surface area (TPSA) is 91.3 Å². The van der Waals surface area contributed by atoms with Gasteiger partial charge in [-0.3, -0.25) is 9.63 Å². The molecule has 8 atom stereocenters. The molecule has 7 nitrogen and oxygen atoms in total. The minimum atomic E-state index is -0.832. The molecule has 1 aromatic carbocycles. The van der Waals surface area contributed by atoms with E-state index in [0.717, 1.165) is 15.6 Å². The van der Waals surface area contributed by atoms with Crippen LogP contribution in [-0.2, 0) is 16.2 Å². The molecule has 2 bridgehead atoms. The van der Waals surface area contributed by atoms with Crippen LogP contribution in [0, 0.1) is 32.7 Å². The highest BCUT2D eigenvalue weighted by Gasteiger charge is 2.57. The lowest BCUT2D eigenvalue weighted by Crippen LogP contribution is -2.62. The molecule has 34 heavy (non-hydrogen) atoms. The summed E-state index contributed by atoms with van der Waals surface area (Å²) in [5.74, 6) is 1.50. The minimum absolute atomic E-state index is 0.0972. The normalized spacial score (nSPS) is 35.5. The van der Waals surface area contributed by atoms with Crippen molar-refractivity contribution in [1.82, 2.24) is 10.4 Å². The first kappa shape index (κ1) is 26.4. The van der Waals surface area contributed by atoms with E-state index in [1.165, 1.54) is 6.42 Å². The molecular formula is C25H36ClIN2O5. The van der Waals surface area contributed by atoms with Crippen LogP contribution in [0.2, 0.25) is 5.02 Å². The molecular weight excluding hydrogens is 571 g/mol. The predicted octanol–water partition coefficient (Wildman–Crippen LogP) is 3.61. The van der Waals surface area contributed by atoms with Crippen molar-refractivity contribution >= 4 is 40.1 Å². The highest BCUT2D eigenvalue weighted by Crippen LogP contribution is 2.61. The van der Waals surface area contributed by atoms with Crippen LogP contribution in [0.1, 0.15) is 46.1 Å². The molecule has 3 N–H and O–H groups in total. The second kappa shape index (κ2) is 10.0. The number of carbonyl (C=O) groups is 1. The summed E-state index contributed by atoms with van der Waals surface area (Å²) in [7, 11) is 1.58. The van der Waals surface area contributed by atoms with E-state index >= 15 is 0 Å². The zero-order chi connectivity index (χ0) is 24.9. The van der Waals surface area contributed by atoms with Crippen molar-refractivity contribution in [3.63, 3.8) is 0 Å². The van der Waals surface area contributed by atoms with Crippen molar-refractivity contribution in [3.05, 3.63) is 26.3 Å². The first-order chi connectivity index (χ1) is 16.0. The van der Waals surface area contributed by atoms with E-state index in [9.17, 15) is 15.0 Å². The van der Waals surface area contributed by atoms with Gasteiger partial charge in [0, 0.05) is 17.5 Å². The van der Waals surface area contributed by atoms with Gasteiger partial charge in [0.1, 0.15) is 17.9 Å². The van der Waals surface area contributed by atoms with Crippen LogP contribution in [0.3, 0.4) is 0 Å². The zero-order valence-electron chi connectivity index (χ0n) is 20.4. The monoisotopic (exact) mass is 606 g/mol. The number of nitrogens with one attached hydrogen (secondary N) is 1. The number of hydroxylamine groups is 2. The Labute approximate surface area is 220 Å². The first-order valence-electron chi connectivity index (χ1n) is 12.0. The molecule has 1 aliphatic heterocycles. The van der Waals surface area contributed by atoms with Gasteiger partial charge in [-0.05, 0) is 71.6 Å². The summed E-state index contributed by atoms with van der Waals surface area (Å²) >= 11 is 8.40. The van der Waals surface area contributed by atoms with Gasteiger partial charge in [0.25, 0.3) is 0 Å². The smallest absolute Gasteiger partial charge is 0.240 e. The number of fused-ring (bicyclic) bond motifs is 2. The van der Waals surface area contributed by atoms with Gasteiger partial charge < -0.3 is 20.3 Å². The fraction of sp³-hybridized carbons (Fsp3) is 0.720. The summed E-state index contributed by atoms with van der Waals surface area (Å²) in [6.45, 7) is 8.52. The summed E-state index contributed by atoms with van der Waals surface area (Å²) < 4.78 is 6.37. The number of rotatable bonds is 7. The molecule has 1 heterocycles. The van der Waals surface area contributed by atoms with Gasteiger partial charge in [-0.2, -0.15) is 5.06 Å². The van der Waals surface area contributed by atoms with Crippen LogP contribution >= 0.6 is 34.2 Å². The zero-order valence-corrected chi connectivity index (χ0v) is 23.3. The summed E-state index contributed by atoms with van der Waals surface area (Å²) in [4.78, 5) is 19.8. The standard InChI is InChI=1S/C25H36ClIN2O5/c1-12-16-8-15(25(16,3)4)9-18(12)28-24(32)22-20(13(2)31)19(11-30)34-29(22)10-14-6-7-17(26)21(27)23(14)33-5/h6-7,12-13,15-16,18-20,22,30-31H,8-11H2,1-5H3,(H,28,32)/t12-,13-,15-,16?,18-,19-,20+,22?/m0/s1. The Morgan fingerprint density at radius 3 is 2.68 bits per heavy atom. The maximum absolute atomic E-state index is 13.7. The maximum atomic E-state index is 13.7. The van der Waals surface area contributed by atoms with Gasteiger partial charge in [-0.25, -0.2) is 0 Å². The Balaban J connectivity index is 1.58. The van der Waals surface area contributed by atoms with Gasteiger partial charge in [-0.15, -0.1) is 0 Å². The number of carbonyl (C=O) groups excluding carboxylic acids is 1. The number of benzene rings is 1. The van der Waals surface area contributed by atoms with E-state index in [1.807, 2.05) is 6.07 Å². The second-order valence-electron chi connectivity index (χ2n) is 10.8. The minimum Gasteiger partial charge on any atom is -0.495 e. The quantitative estimate of drug-likeness (QED) is 0.411. The van der Waals surface area contributed by atoms with Crippen molar-refractivity contribution in [2.24, 2.45) is 29.1 Å². The molecule has 2 unspecified atom stereocenters. The maximum Gasteiger partial charge on any atom is 0.240 e. The molecule has 3 aliphatic carbocycles. The molecule has 3 saturated carbocycles. The number of aliphatic hydroxyl groups excluding tert-OH is 2. The van der Waals surface area contributed by atoms with E-state index < -0.39 is 24.2 Å². The molecule has 1 aromatic rings. The third-order valence-electron chi connectivity index (χ3n) is 8.72. The molecule has 0 aromatic heterocycles. The van der Waals surface area contributed by atoms with Crippen LogP contribution in [0.25, 0.3) is 0 Å². The molecule has 1 amide bonds. The van der Waals surface area contributed by atoms with Gasteiger partial charge in [0.05, 0.1) is 35.0 Å². The number of ether oxygens (including phenoxy) is 1. The highest BCUT2D eigenvalue weighted by molar-refractivity contribution is 14.1. The lowest BCUT2D eigenvalue weighted by atomic mass is 9.45. The van der Waals surface area contributed by atoms with Crippen LogP contribution in [0.5, 0.6) is 5.75 Å². The fourth-order valence-electron chi connectivity index (χ4n) is 6.57. The molecule has 4 aliphatic rings. The van der Waals surface area contributed by atoms with Crippen molar-refractivity contribution in [2.75, 3.05) is 13.7 Å². The highest BCUT2D eigenvalue weighted by atomic mass is 127. The average molecular weight is 607 g/mol. The average Bonchev–Trinajstić information content (AvgIpc) is 3.16. The number of nitrogens with zero attached hydrogens (tertiary/aromatic N) is 1. The van der Waals surface area contributed by atoms with Gasteiger partial charge in [0.2, 0.25) is 5.91 Å². The Morgan fingerprint density at radius 1 is 1.41 bits per heavy atom. The molecule has 5 rings (SSSR count). The number of hydrogen-bond acceptors (Lipinski definition) is 6. The van der Waals surface area contributed by atoms with Crippen molar-refractivity contribution in [1.29, 1.82) is 0 Å². The third-order valence-corrected chi connectivity index (χ3v) is 10.4. The number of aliphatic hydroxyl groups is 2. The fourth-order valence-corrected chi connectivity index (χ4v) is 7.46. The van der Waals surface area contributed by atoms with Crippen molar-refractivity contribution in [2.45, 2.75) is 71.4 Å². The Kier molecular flexibility index (Phi) is 7.78. The van der Waals surface area contributed by atoms with E-state index in [1.54, 1.807) is 25.2 Å². The first-order valence-corrected chi connectivity index (χ1v) is 13.5.